The van der Waals surface area contributed by atoms with E-state index in [0.717, 1.165) is 119 Å². The van der Waals surface area contributed by atoms with Gasteiger partial charge in [-0.15, -0.1) is 6.04 Å². The van der Waals surface area contributed by atoms with E-state index < -0.39 is 7.12 Å². The van der Waals surface area contributed by atoms with Crippen molar-refractivity contribution in [2.75, 3.05) is 21.3 Å². The van der Waals surface area contributed by atoms with Gasteiger partial charge in [0, 0.05) is 98.5 Å². The quantitative estimate of drug-likeness (QED) is 0.0471. The number of nitrogens with one attached hydrogen (secondary N) is 5. The van der Waals surface area contributed by atoms with E-state index in [1.165, 1.54) is 12.3 Å². The second-order valence-electron chi connectivity index (χ2n) is 19.5. The van der Waals surface area contributed by atoms with E-state index in [1.807, 2.05) is 36.9 Å². The topological polar surface area (TPSA) is 265 Å². The van der Waals surface area contributed by atoms with Crippen molar-refractivity contribution in [3.05, 3.63) is 133 Å². The van der Waals surface area contributed by atoms with Crippen molar-refractivity contribution in [2.45, 2.75) is 136 Å². The van der Waals surface area contributed by atoms with E-state index in [2.05, 4.69) is 121 Å². The molecule has 76 heavy (non-hydrogen) atoms. The normalized spacial score (nSPS) is 17.2. The number of nitrogens with zero attached hydrogens (tertiary/aromatic N) is 8. The van der Waals surface area contributed by atoms with Crippen molar-refractivity contribution in [3.63, 3.8) is 0 Å². The molecule has 19 nitrogen and oxygen atoms in total. The molecule has 0 amide bonds. The van der Waals surface area contributed by atoms with Gasteiger partial charge in [0.2, 0.25) is 11.9 Å². The molecule has 2 aromatic carbocycles. The fourth-order valence-corrected chi connectivity index (χ4v) is 9.10. The minimum absolute atomic E-state index is 0. The molecule has 0 atom stereocenters. The number of imidazole rings is 2. The summed E-state index contributed by atoms with van der Waals surface area (Å²) in [6.07, 6.45) is 16.4. The van der Waals surface area contributed by atoms with Gasteiger partial charge in [-0.1, -0.05) is 68.8 Å². The van der Waals surface area contributed by atoms with Crippen LogP contribution < -0.4 is 32.7 Å². The standard InChI is InChI=1S/C25H31N7O.C25H30N7O.C4H5BO3.CH4.Ac/c2*1-16(2)32-15-28-22-23(27-14-17-5-7-18(8-6-17)21-4-3-13-33-21)30-25(31-24(22)32)29-20-11-9-19(26)10-12-20;6-5(7)4-2-1-3-8-4;;/h3-8,13,15-16,19-20H,9-12,14,26H2,1-2H3,(H2,27,29,30,31);3-8,13,15-16,19-20,26H,9-12,14H2,1-2H3,(H2,27,29,30,31);1-3,6-7H;1H4;/q;-1;;;. The fraction of sp³-hybridized carbons (Fsp3) is 0.382. The molecule has 21 heteroatoms. The average Bonchev–Trinajstić information content (AvgIpc) is 4.28. The van der Waals surface area contributed by atoms with Crippen LogP contribution in [0.2, 0.25) is 0 Å². The van der Waals surface area contributed by atoms with Crippen molar-refractivity contribution in [1.82, 2.24) is 39.0 Å². The molecular formula is C55H70AcBN14O5-. The first kappa shape index (κ1) is 57.6. The first-order valence-corrected chi connectivity index (χ1v) is 25.6. The molecule has 0 aliphatic heterocycles. The number of benzene rings is 2. The molecule has 7 aromatic heterocycles. The Morgan fingerprint density at radius 3 is 1.39 bits per heavy atom. The zero-order chi connectivity index (χ0) is 51.6. The number of aromatic nitrogens is 8. The molecule has 0 saturated heterocycles. The molecule has 9 aromatic rings. The van der Waals surface area contributed by atoms with Crippen LogP contribution in [0.4, 0.5) is 23.5 Å². The van der Waals surface area contributed by atoms with Crippen LogP contribution in [0.15, 0.2) is 130 Å². The van der Waals surface area contributed by atoms with E-state index >= 15 is 0 Å². The summed E-state index contributed by atoms with van der Waals surface area (Å²) in [5, 5.41) is 30.8. The molecule has 0 bridgehead atoms. The van der Waals surface area contributed by atoms with Crippen molar-refractivity contribution < 1.29 is 67.4 Å². The molecule has 397 valence electrons. The number of hydrogen-bond acceptors (Lipinski definition) is 16. The minimum atomic E-state index is -1.48. The monoisotopic (exact) mass is 1240 g/mol. The van der Waals surface area contributed by atoms with Gasteiger partial charge in [0.05, 0.1) is 31.4 Å². The van der Waals surface area contributed by atoms with Gasteiger partial charge in [-0.05, 0) is 114 Å². The van der Waals surface area contributed by atoms with E-state index in [9.17, 15) is 0 Å². The molecule has 0 unspecified atom stereocenters. The molecule has 7 heterocycles. The van der Waals surface area contributed by atoms with Crippen LogP contribution in [0.3, 0.4) is 0 Å². The molecule has 1 radical (unpaired) electrons. The number of rotatable bonds is 15. The van der Waals surface area contributed by atoms with Gasteiger partial charge in [0.1, 0.15) is 17.2 Å². The number of nitrogens with two attached hydrogens (primary N) is 1. The van der Waals surface area contributed by atoms with Crippen LogP contribution in [0, 0.1) is 44.1 Å². The Kier molecular flexibility index (Phi) is 20.7. The van der Waals surface area contributed by atoms with Gasteiger partial charge in [-0.2, -0.15) is 19.9 Å². The molecule has 11 rings (SSSR count). The SMILES string of the molecule is C.CC(C)n1cnc2c(NCc3ccc(-c4ccco4)cc3)nc(NC3CCC(N)CC3)nc21.CC(C)n1cnc2c(NCc3ccc(-c4ccco4)cc3)nc(NC3CCC([NH-])CC3)nc21.OB(O)c1ccco1.[Ac]. The first-order valence-electron chi connectivity index (χ1n) is 25.6. The van der Waals surface area contributed by atoms with Gasteiger partial charge >= 0.3 is 7.12 Å². The van der Waals surface area contributed by atoms with E-state index in [1.54, 1.807) is 18.6 Å². The van der Waals surface area contributed by atoms with E-state index in [-0.39, 0.29) is 75.3 Å². The van der Waals surface area contributed by atoms with Crippen LogP contribution in [0.1, 0.15) is 110 Å². The molecule has 0 spiro atoms. The summed E-state index contributed by atoms with van der Waals surface area (Å²) in [5.41, 5.74) is 21.8. The zero-order valence-corrected chi connectivity index (χ0v) is 47.7. The third-order valence-electron chi connectivity index (χ3n) is 13.4. The Labute approximate surface area is 480 Å². The smallest absolute Gasteiger partial charge is 0.526 e. The summed E-state index contributed by atoms with van der Waals surface area (Å²) in [6.45, 7) is 9.78. The maximum absolute atomic E-state index is 8.37. The Morgan fingerprint density at radius 1 is 0.605 bits per heavy atom. The Bertz CT molecular complexity index is 2920. The van der Waals surface area contributed by atoms with Crippen LogP contribution in [-0.2, 0) is 13.1 Å². The number of hydrogen-bond donors (Lipinski definition) is 7. The zero-order valence-electron chi connectivity index (χ0n) is 42.9. The number of fused-ring (bicyclic) bond motifs is 2. The molecule has 2 aliphatic rings. The maximum Gasteiger partial charge on any atom is 0.526 e. The Balaban J connectivity index is 0.000000188. The second-order valence-corrected chi connectivity index (χ2v) is 19.5. The average molecular weight is 1250 g/mol. The summed E-state index contributed by atoms with van der Waals surface area (Å²) in [5.74, 6) is 4.46. The van der Waals surface area contributed by atoms with Crippen LogP contribution in [-0.4, -0.2) is 80.4 Å². The predicted molar refractivity (Wildman–Crippen MR) is 297 cm³/mol. The first-order chi connectivity index (χ1) is 35.9. The van der Waals surface area contributed by atoms with Gasteiger partial charge in [-0.25, -0.2) is 9.97 Å². The Hall–Kier alpha value is -6.07. The summed E-state index contributed by atoms with van der Waals surface area (Å²) in [6, 6.07) is 29.0. The van der Waals surface area contributed by atoms with Crippen molar-refractivity contribution in [1.29, 1.82) is 0 Å². The third kappa shape index (κ3) is 14.9. The summed E-state index contributed by atoms with van der Waals surface area (Å²) >= 11 is 0. The van der Waals surface area contributed by atoms with Gasteiger partial charge in [0.25, 0.3) is 0 Å². The summed E-state index contributed by atoms with van der Waals surface area (Å²) in [7, 11) is -1.48. The fourth-order valence-electron chi connectivity index (χ4n) is 9.10. The van der Waals surface area contributed by atoms with Crippen LogP contribution in [0.5, 0.6) is 0 Å². The van der Waals surface area contributed by atoms with Crippen LogP contribution in [0.25, 0.3) is 50.7 Å². The molecule has 2 saturated carbocycles. The minimum Gasteiger partial charge on any atom is -0.675 e. The van der Waals surface area contributed by atoms with Gasteiger partial charge in [-0.3, -0.25) is 0 Å². The third-order valence-corrected chi connectivity index (χ3v) is 13.4. The van der Waals surface area contributed by atoms with Crippen molar-refractivity contribution in [2.24, 2.45) is 5.73 Å². The van der Waals surface area contributed by atoms with Crippen molar-refractivity contribution in [3.8, 4) is 22.6 Å². The Morgan fingerprint density at radius 2 is 1.03 bits per heavy atom. The summed E-state index contributed by atoms with van der Waals surface area (Å²) in [4.78, 5) is 28.4. The maximum atomic E-state index is 8.37. The van der Waals surface area contributed by atoms with E-state index in [4.69, 9.17) is 50.3 Å². The molecular weight excluding hydrogens is 1170 g/mol. The second kappa shape index (κ2) is 27.3. The van der Waals surface area contributed by atoms with Gasteiger partial charge in [0.15, 0.2) is 34.0 Å². The van der Waals surface area contributed by atoms with Crippen molar-refractivity contribution >= 4 is 58.6 Å². The van der Waals surface area contributed by atoms with E-state index in [0.29, 0.717) is 43.1 Å². The molecule has 9 N–H and O–H groups in total. The van der Waals surface area contributed by atoms with Gasteiger partial charge < -0.3 is 65.2 Å². The number of anilines is 4. The summed E-state index contributed by atoms with van der Waals surface area (Å²) < 4.78 is 19.7. The molecule has 2 aliphatic carbocycles. The molecule has 2 fully saturated rings. The van der Waals surface area contributed by atoms with Crippen LogP contribution >= 0.6 is 0 Å². The largest absolute Gasteiger partial charge is 0.675 e. The number of furan rings is 3. The predicted octanol–water partition coefficient (Wildman–Crippen LogP) is 10.6.